The molecule has 2 aromatic carbocycles. The molecule has 13 heteroatoms. The number of nitrogens with one attached hydrogen (secondary N) is 1. The summed E-state index contributed by atoms with van der Waals surface area (Å²) in [6.45, 7) is 5.40. The Balaban J connectivity index is 1.58. The second-order valence-corrected chi connectivity index (χ2v) is 12.7. The lowest BCUT2D eigenvalue weighted by Crippen LogP contribution is -2.52. The molecule has 1 aliphatic heterocycles. The number of carboxylic acid groups (broad SMARTS) is 1. The van der Waals surface area contributed by atoms with Crippen LogP contribution in [0.1, 0.15) is 63.6 Å². The van der Waals surface area contributed by atoms with Gasteiger partial charge < -0.3 is 29.3 Å². The number of carboxylic acids is 1. The molecule has 3 aromatic rings. The number of amides is 2. The topological polar surface area (TPSA) is 156 Å². The number of benzene rings is 2. The quantitative estimate of drug-likeness (QED) is 0.187. The van der Waals surface area contributed by atoms with E-state index in [1.807, 2.05) is 19.9 Å². The van der Waals surface area contributed by atoms with Crippen LogP contribution in [0.25, 0.3) is 11.3 Å². The smallest absolute Gasteiger partial charge is 0.305 e. The Morgan fingerprint density at radius 2 is 1.74 bits per heavy atom. The minimum Gasteiger partial charge on any atom is -0.488 e. The Hall–Kier alpha value is -4.22. The van der Waals surface area contributed by atoms with Gasteiger partial charge >= 0.3 is 5.97 Å². The first kappa shape index (κ1) is 35.6. The van der Waals surface area contributed by atoms with Crippen LogP contribution in [0, 0.1) is 11.8 Å². The van der Waals surface area contributed by atoms with Crippen LogP contribution in [0.5, 0.6) is 5.75 Å². The summed E-state index contributed by atoms with van der Waals surface area (Å²) in [6.07, 6.45) is 1.33. The molecule has 0 aliphatic carbocycles. The number of carbonyl (C=O) groups is 5. The number of likely N-dealkylation sites (tertiary alicyclic amines) is 1. The largest absolute Gasteiger partial charge is 0.488 e. The number of nitrogens with zero attached hydrogens (tertiary/aromatic N) is 2. The maximum atomic E-state index is 14.0. The summed E-state index contributed by atoms with van der Waals surface area (Å²) in [4.78, 5) is 70.2. The van der Waals surface area contributed by atoms with Crippen molar-refractivity contribution >= 4 is 52.6 Å². The Bertz CT molecular complexity index is 1590. The molecule has 4 rings (SSSR count). The third-order valence-electron chi connectivity index (χ3n) is 8.00. The van der Waals surface area contributed by atoms with Crippen LogP contribution in [-0.4, -0.2) is 69.1 Å². The number of oxazole rings is 1. The fourth-order valence-electron chi connectivity index (χ4n) is 5.63. The minimum atomic E-state index is -1.56. The number of aromatic nitrogens is 1. The Morgan fingerprint density at radius 1 is 1.06 bits per heavy atom. The van der Waals surface area contributed by atoms with Gasteiger partial charge in [0.05, 0.1) is 34.8 Å². The SMILES string of the molecule is CC(=O)CCC[C@H](C(=O)N1C[C@H](Oc2ccccc2)C[C@H]1C(=O)N[C@@H](CC(=O)O)C(=O)c1ncc(-c2c(Cl)cccc2Cl)o1)C(C)C. The summed E-state index contributed by atoms with van der Waals surface area (Å²) < 4.78 is 11.7. The van der Waals surface area contributed by atoms with E-state index in [0.717, 1.165) is 0 Å². The van der Waals surface area contributed by atoms with Crippen molar-refractivity contribution in [2.75, 3.05) is 6.54 Å². The highest BCUT2D eigenvalue weighted by Crippen LogP contribution is 2.35. The van der Waals surface area contributed by atoms with E-state index in [2.05, 4.69) is 10.3 Å². The molecular weight excluding hydrogens is 649 g/mol. The number of halogens is 2. The normalized spacial score (nSPS) is 17.3. The van der Waals surface area contributed by atoms with Crippen LogP contribution >= 0.6 is 23.2 Å². The zero-order valence-electron chi connectivity index (χ0n) is 26.3. The first-order valence-corrected chi connectivity index (χ1v) is 16.1. The molecule has 0 spiro atoms. The molecule has 0 unspecified atom stereocenters. The number of rotatable bonds is 15. The highest BCUT2D eigenvalue weighted by atomic mass is 35.5. The van der Waals surface area contributed by atoms with E-state index >= 15 is 0 Å². The maximum Gasteiger partial charge on any atom is 0.305 e. The van der Waals surface area contributed by atoms with Gasteiger partial charge in [0.25, 0.3) is 5.89 Å². The summed E-state index contributed by atoms with van der Waals surface area (Å²) in [6, 6.07) is 11.1. The lowest BCUT2D eigenvalue weighted by molar-refractivity contribution is -0.143. The van der Waals surface area contributed by atoms with Crippen LogP contribution in [0.4, 0.5) is 0 Å². The van der Waals surface area contributed by atoms with Crippen LogP contribution in [0.3, 0.4) is 0 Å². The number of ketones is 2. The van der Waals surface area contributed by atoms with Gasteiger partial charge in [-0.05, 0) is 49.9 Å². The van der Waals surface area contributed by atoms with Gasteiger partial charge in [-0.1, -0.05) is 61.3 Å². The predicted octanol–water partition coefficient (Wildman–Crippen LogP) is 5.87. The first-order chi connectivity index (χ1) is 22.3. The maximum absolute atomic E-state index is 14.0. The van der Waals surface area contributed by atoms with E-state index in [9.17, 15) is 29.1 Å². The van der Waals surface area contributed by atoms with E-state index in [0.29, 0.717) is 30.6 Å². The highest BCUT2D eigenvalue weighted by molar-refractivity contribution is 6.39. The van der Waals surface area contributed by atoms with Crippen LogP contribution in [-0.2, 0) is 19.2 Å². The lowest BCUT2D eigenvalue weighted by atomic mass is 9.88. The predicted molar refractivity (Wildman–Crippen MR) is 174 cm³/mol. The molecule has 1 aromatic heterocycles. The van der Waals surface area contributed by atoms with E-state index in [4.69, 9.17) is 32.4 Å². The molecule has 1 saturated heterocycles. The van der Waals surface area contributed by atoms with Crippen molar-refractivity contribution in [2.24, 2.45) is 11.8 Å². The van der Waals surface area contributed by atoms with Crippen molar-refractivity contribution < 1.29 is 38.2 Å². The summed E-state index contributed by atoms with van der Waals surface area (Å²) in [5.41, 5.74) is 0.300. The molecule has 4 atom stereocenters. The summed E-state index contributed by atoms with van der Waals surface area (Å²) >= 11 is 12.5. The number of hydrogen-bond acceptors (Lipinski definition) is 8. The molecule has 1 fully saturated rings. The second kappa shape index (κ2) is 16.1. The molecule has 2 N–H and O–H groups in total. The number of Topliss-reactive ketones (excluding diaryl/α,β-unsaturated/α-hetero) is 2. The third kappa shape index (κ3) is 9.20. The Labute approximate surface area is 282 Å². The third-order valence-corrected chi connectivity index (χ3v) is 8.63. The van der Waals surface area contributed by atoms with Crippen LogP contribution < -0.4 is 10.1 Å². The molecule has 1 aliphatic rings. The zero-order valence-corrected chi connectivity index (χ0v) is 27.8. The average molecular weight is 687 g/mol. The molecule has 2 heterocycles. The molecule has 0 bridgehead atoms. The van der Waals surface area contributed by atoms with Gasteiger partial charge in [0.2, 0.25) is 17.6 Å². The van der Waals surface area contributed by atoms with Crippen molar-refractivity contribution in [3.63, 3.8) is 0 Å². The van der Waals surface area contributed by atoms with Gasteiger partial charge in [0.1, 0.15) is 29.7 Å². The molecule has 250 valence electrons. The van der Waals surface area contributed by atoms with Gasteiger partial charge in [-0.3, -0.25) is 19.2 Å². The fraction of sp³-hybridized carbons (Fsp3) is 0.412. The van der Waals surface area contributed by atoms with Crippen molar-refractivity contribution in [3.8, 4) is 17.1 Å². The lowest BCUT2D eigenvalue weighted by Gasteiger charge is -2.30. The number of ether oxygens (including phenoxy) is 1. The molecule has 2 amide bonds. The molecule has 0 saturated carbocycles. The van der Waals surface area contributed by atoms with Crippen LogP contribution in [0.15, 0.2) is 59.1 Å². The van der Waals surface area contributed by atoms with Gasteiger partial charge in [-0.25, -0.2) is 4.98 Å². The number of hydrogen-bond donors (Lipinski definition) is 2. The Morgan fingerprint density at radius 3 is 2.36 bits per heavy atom. The molecule has 47 heavy (non-hydrogen) atoms. The highest BCUT2D eigenvalue weighted by Gasteiger charge is 2.44. The summed E-state index contributed by atoms with van der Waals surface area (Å²) in [7, 11) is 0. The van der Waals surface area contributed by atoms with Gasteiger partial charge in [0.15, 0.2) is 5.76 Å². The Kier molecular flexibility index (Phi) is 12.2. The summed E-state index contributed by atoms with van der Waals surface area (Å²) in [5, 5.41) is 12.7. The second-order valence-electron chi connectivity index (χ2n) is 11.9. The van der Waals surface area contributed by atoms with Crippen molar-refractivity contribution in [3.05, 3.63) is 70.7 Å². The molecule has 0 radical (unpaired) electrons. The van der Waals surface area contributed by atoms with Crippen molar-refractivity contribution in [1.82, 2.24) is 15.2 Å². The van der Waals surface area contributed by atoms with E-state index < -0.39 is 54.1 Å². The van der Waals surface area contributed by atoms with Crippen LogP contribution in [0.2, 0.25) is 10.0 Å². The van der Waals surface area contributed by atoms with E-state index in [1.165, 1.54) is 18.0 Å². The first-order valence-electron chi connectivity index (χ1n) is 15.3. The number of carbonyl (C=O) groups excluding carboxylic acids is 4. The molecule has 11 nitrogen and oxygen atoms in total. The van der Waals surface area contributed by atoms with Gasteiger partial charge in [-0.15, -0.1) is 0 Å². The van der Waals surface area contributed by atoms with E-state index in [-0.39, 0.29) is 46.4 Å². The van der Waals surface area contributed by atoms with Gasteiger partial charge in [0, 0.05) is 18.8 Å². The molecular formula is C34H37Cl2N3O8. The van der Waals surface area contributed by atoms with Crippen molar-refractivity contribution in [1.29, 1.82) is 0 Å². The monoisotopic (exact) mass is 685 g/mol. The number of aliphatic carboxylic acids is 1. The fourth-order valence-corrected chi connectivity index (χ4v) is 6.21. The van der Waals surface area contributed by atoms with Gasteiger partial charge in [-0.2, -0.15) is 0 Å². The number of para-hydroxylation sites is 1. The van der Waals surface area contributed by atoms with Crippen molar-refractivity contribution in [2.45, 2.75) is 71.1 Å². The van der Waals surface area contributed by atoms with E-state index in [1.54, 1.807) is 42.5 Å². The zero-order chi connectivity index (χ0) is 34.2. The minimum absolute atomic E-state index is 0.0250. The standard InChI is InChI=1S/C34H37Cl2N3O8/c1-19(2)23(12-7-9-20(3)40)34(45)39-18-22(46-21-10-5-4-6-11-21)15-27(39)32(44)38-26(16-29(41)42)31(43)33-37-17-28(47-33)30-24(35)13-8-14-25(30)36/h4-6,8,10-11,13-14,17,19,22-23,26-27H,7,9,12,15-16,18H2,1-3H3,(H,38,44)(H,41,42)/t22-,23+,26+,27+/m1/s1. The average Bonchev–Trinajstić information content (AvgIpc) is 3.66. The summed E-state index contributed by atoms with van der Waals surface area (Å²) in [5.74, 6) is -3.56.